The molecule has 43 heavy (non-hydrogen) atoms. The number of ether oxygens (including phenoxy) is 2. The van der Waals surface area contributed by atoms with Crippen molar-refractivity contribution in [2.24, 2.45) is 11.8 Å². The van der Waals surface area contributed by atoms with E-state index in [1.165, 1.54) is 7.11 Å². The number of nitrogens with one attached hydrogen (secondary N) is 3. The van der Waals surface area contributed by atoms with Gasteiger partial charge in [-0.2, -0.15) is 0 Å². The smallest absolute Gasteiger partial charge is 0.407 e. The Kier molecular flexibility index (Phi) is 11.7. The second-order valence-corrected chi connectivity index (χ2v) is 12.7. The number of amides is 3. The van der Waals surface area contributed by atoms with Gasteiger partial charge in [0.05, 0.1) is 7.11 Å². The summed E-state index contributed by atoms with van der Waals surface area (Å²) in [6.07, 6.45) is 2.86. The summed E-state index contributed by atoms with van der Waals surface area (Å²) < 4.78 is 10.3. The van der Waals surface area contributed by atoms with Crippen molar-refractivity contribution in [1.82, 2.24) is 16.0 Å². The summed E-state index contributed by atoms with van der Waals surface area (Å²) in [7, 11) is 1.32. The highest BCUT2D eigenvalue weighted by molar-refractivity contribution is 5.95. The highest BCUT2D eigenvalue weighted by atomic mass is 16.6. The van der Waals surface area contributed by atoms with Crippen molar-refractivity contribution in [2.75, 3.05) is 13.7 Å². The van der Waals surface area contributed by atoms with Crippen LogP contribution in [0.3, 0.4) is 0 Å². The maximum Gasteiger partial charge on any atom is 0.407 e. The number of methoxy groups -OCH3 is 1. The van der Waals surface area contributed by atoms with Gasteiger partial charge in [-0.25, -0.2) is 9.59 Å². The lowest BCUT2D eigenvalue weighted by molar-refractivity contribution is -0.145. The van der Waals surface area contributed by atoms with E-state index < -0.39 is 23.7 Å². The number of aryl methyl sites for hydroxylation is 1. The first kappa shape index (κ1) is 33.6. The van der Waals surface area contributed by atoms with E-state index in [-0.39, 0.29) is 29.7 Å². The quantitative estimate of drug-likeness (QED) is 0.320. The van der Waals surface area contributed by atoms with Crippen LogP contribution in [0.25, 0.3) is 11.1 Å². The van der Waals surface area contributed by atoms with E-state index in [0.29, 0.717) is 31.4 Å². The minimum absolute atomic E-state index is 0.0634. The highest BCUT2D eigenvalue weighted by Crippen LogP contribution is 2.29. The molecular weight excluding hydrogens is 546 g/mol. The monoisotopic (exact) mass is 593 g/mol. The van der Waals surface area contributed by atoms with Gasteiger partial charge in [-0.15, -0.1) is 0 Å². The molecule has 0 unspecified atom stereocenters. The number of benzene rings is 2. The summed E-state index contributed by atoms with van der Waals surface area (Å²) in [5, 5.41) is 8.66. The molecule has 1 aliphatic rings. The first-order valence-corrected chi connectivity index (χ1v) is 15.1. The number of rotatable bonds is 10. The van der Waals surface area contributed by atoms with E-state index in [0.717, 1.165) is 35.1 Å². The van der Waals surface area contributed by atoms with E-state index in [2.05, 4.69) is 16.0 Å². The Labute approximate surface area is 255 Å². The van der Waals surface area contributed by atoms with Crippen molar-refractivity contribution >= 4 is 23.9 Å². The second-order valence-electron chi connectivity index (χ2n) is 12.7. The van der Waals surface area contributed by atoms with Crippen LogP contribution in [0.15, 0.2) is 42.5 Å². The predicted octanol–water partition coefficient (Wildman–Crippen LogP) is 5.33. The maximum absolute atomic E-state index is 13.1. The van der Waals surface area contributed by atoms with E-state index >= 15 is 0 Å². The van der Waals surface area contributed by atoms with Gasteiger partial charge < -0.3 is 25.4 Å². The Morgan fingerprint density at radius 3 is 2.14 bits per heavy atom. The molecule has 0 saturated heterocycles. The lowest BCUT2D eigenvalue weighted by atomic mass is 9.81. The van der Waals surface area contributed by atoms with Crippen LogP contribution in [0.5, 0.6) is 0 Å². The number of hydrogen-bond acceptors (Lipinski definition) is 6. The van der Waals surface area contributed by atoms with Crippen molar-refractivity contribution in [3.8, 4) is 11.1 Å². The van der Waals surface area contributed by atoms with Gasteiger partial charge in [0.1, 0.15) is 11.6 Å². The molecule has 3 rings (SSSR count). The van der Waals surface area contributed by atoms with Gasteiger partial charge in [0.2, 0.25) is 5.91 Å². The average Bonchev–Trinajstić information content (AvgIpc) is 2.94. The molecule has 2 aromatic carbocycles. The first-order chi connectivity index (χ1) is 20.3. The molecule has 3 N–H and O–H groups in total. The zero-order valence-corrected chi connectivity index (χ0v) is 26.5. The Bertz CT molecular complexity index is 1270. The molecule has 0 spiro atoms. The van der Waals surface area contributed by atoms with E-state index in [9.17, 15) is 19.2 Å². The fourth-order valence-corrected chi connectivity index (χ4v) is 5.33. The molecule has 1 atom stereocenters. The minimum atomic E-state index is -0.796. The van der Waals surface area contributed by atoms with Crippen molar-refractivity contribution in [1.29, 1.82) is 0 Å². The third-order valence-corrected chi connectivity index (χ3v) is 7.57. The predicted molar refractivity (Wildman–Crippen MR) is 167 cm³/mol. The Balaban J connectivity index is 1.56. The standard InChI is InChI=1S/C34H47N3O6/c1-21(2)36-31(39)27-16-17-28(22(3)18-27)25-12-8-23(9-13-25)19-29(32(40)42-7)37-30(38)26-14-10-24(11-15-26)20-35-33(41)43-34(4,5)6/h8-9,12-13,16-18,21,24,26,29H,10-11,14-15,19-20H2,1-7H3,(H,35,41)(H,36,39)(H,37,38)/t24-,26-,29-/m0/s1. The molecule has 1 fully saturated rings. The van der Waals surface area contributed by atoms with Gasteiger partial charge in [0.25, 0.3) is 5.91 Å². The molecule has 234 valence electrons. The molecule has 1 aliphatic carbocycles. The molecule has 9 nitrogen and oxygen atoms in total. The summed E-state index contributed by atoms with van der Waals surface area (Å²) in [5.41, 5.74) is 3.96. The molecular formula is C34H47N3O6. The van der Waals surface area contributed by atoms with Crippen molar-refractivity contribution < 1.29 is 28.7 Å². The van der Waals surface area contributed by atoms with Crippen LogP contribution < -0.4 is 16.0 Å². The van der Waals surface area contributed by atoms with Gasteiger partial charge in [0, 0.05) is 30.5 Å². The van der Waals surface area contributed by atoms with Gasteiger partial charge in [-0.05, 0) is 108 Å². The largest absolute Gasteiger partial charge is 0.467 e. The van der Waals surface area contributed by atoms with E-state index in [1.807, 2.05) is 84.0 Å². The fourth-order valence-electron chi connectivity index (χ4n) is 5.33. The Morgan fingerprint density at radius 2 is 1.58 bits per heavy atom. The zero-order valence-electron chi connectivity index (χ0n) is 26.5. The Morgan fingerprint density at radius 1 is 0.930 bits per heavy atom. The van der Waals surface area contributed by atoms with Crippen LogP contribution in [0, 0.1) is 18.8 Å². The number of carbonyl (C=O) groups excluding carboxylic acids is 4. The van der Waals surface area contributed by atoms with Crippen LogP contribution in [-0.4, -0.2) is 55.2 Å². The average molecular weight is 594 g/mol. The van der Waals surface area contributed by atoms with Crippen molar-refractivity contribution in [2.45, 2.75) is 91.3 Å². The molecule has 0 aromatic heterocycles. The molecule has 9 heteroatoms. The summed E-state index contributed by atoms with van der Waals surface area (Å²) in [6, 6.07) is 12.8. The molecule has 3 amide bonds. The molecule has 2 aromatic rings. The molecule has 1 saturated carbocycles. The lowest BCUT2D eigenvalue weighted by Gasteiger charge is -2.29. The molecule has 0 heterocycles. The minimum Gasteiger partial charge on any atom is -0.467 e. The second kappa shape index (κ2) is 15.0. The summed E-state index contributed by atoms with van der Waals surface area (Å²) in [5.74, 6) is -0.648. The van der Waals surface area contributed by atoms with Gasteiger partial charge in [-0.3, -0.25) is 9.59 Å². The van der Waals surface area contributed by atoms with Gasteiger partial charge >= 0.3 is 12.1 Å². The fraction of sp³-hybridized carbons (Fsp3) is 0.529. The van der Waals surface area contributed by atoms with E-state index in [1.54, 1.807) is 0 Å². The molecule has 0 radical (unpaired) electrons. The third-order valence-electron chi connectivity index (χ3n) is 7.57. The first-order valence-electron chi connectivity index (χ1n) is 15.1. The van der Waals surface area contributed by atoms with Crippen molar-refractivity contribution in [3.63, 3.8) is 0 Å². The SMILES string of the molecule is COC(=O)[C@H](Cc1ccc(-c2ccc(C(=O)NC(C)C)cc2C)cc1)NC(=O)[C@H]1CC[C@H](CNC(=O)OC(C)(C)C)CC1. The third kappa shape index (κ3) is 10.4. The molecule has 0 aliphatic heterocycles. The van der Waals surface area contributed by atoms with Crippen LogP contribution in [0.1, 0.15) is 81.8 Å². The number of esters is 1. The topological polar surface area (TPSA) is 123 Å². The summed E-state index contributed by atoms with van der Waals surface area (Å²) >= 11 is 0. The maximum atomic E-state index is 13.1. The Hall–Kier alpha value is -3.88. The normalized spacial score (nSPS) is 17.5. The van der Waals surface area contributed by atoms with E-state index in [4.69, 9.17) is 9.47 Å². The number of carbonyl (C=O) groups is 4. The van der Waals surface area contributed by atoms with Gasteiger partial charge in [0.15, 0.2) is 0 Å². The number of hydrogen-bond donors (Lipinski definition) is 3. The van der Waals surface area contributed by atoms with Crippen molar-refractivity contribution in [3.05, 3.63) is 59.2 Å². The lowest BCUT2D eigenvalue weighted by Crippen LogP contribution is -2.46. The number of alkyl carbamates (subject to hydrolysis) is 1. The summed E-state index contributed by atoms with van der Waals surface area (Å²) in [4.78, 5) is 50.0. The van der Waals surface area contributed by atoms with Crippen LogP contribution >= 0.6 is 0 Å². The molecule has 0 bridgehead atoms. The van der Waals surface area contributed by atoms with Crippen LogP contribution in [0.2, 0.25) is 0 Å². The highest BCUT2D eigenvalue weighted by Gasteiger charge is 2.30. The summed E-state index contributed by atoms with van der Waals surface area (Å²) in [6.45, 7) is 11.8. The van der Waals surface area contributed by atoms with Crippen LogP contribution in [0.4, 0.5) is 4.79 Å². The van der Waals surface area contributed by atoms with Gasteiger partial charge in [-0.1, -0.05) is 30.3 Å². The zero-order chi connectivity index (χ0) is 31.7. The van der Waals surface area contributed by atoms with Crippen LogP contribution in [-0.2, 0) is 25.5 Å².